The molecule has 1 aliphatic carbocycles. The van der Waals surface area contributed by atoms with E-state index in [0.717, 1.165) is 41.4 Å². The second-order valence-electron chi connectivity index (χ2n) is 5.46. The molecule has 1 aromatic rings. The number of nitriles is 1. The Balaban J connectivity index is 1.89. The van der Waals surface area contributed by atoms with Crippen LogP contribution < -0.4 is 5.32 Å². The van der Waals surface area contributed by atoms with Crippen LogP contribution in [0.15, 0.2) is 12.1 Å². The van der Waals surface area contributed by atoms with Gasteiger partial charge in [-0.2, -0.15) is 5.26 Å². The Morgan fingerprint density at radius 3 is 2.76 bits per heavy atom. The molecule has 0 unspecified atom stereocenters. The van der Waals surface area contributed by atoms with Crippen molar-refractivity contribution in [2.24, 2.45) is 0 Å². The van der Waals surface area contributed by atoms with Gasteiger partial charge in [0.05, 0.1) is 17.0 Å². The summed E-state index contributed by atoms with van der Waals surface area (Å²) in [5.41, 5.74) is -0.636. The quantitative estimate of drug-likeness (QED) is 0.874. The average molecular weight is 326 g/mol. The summed E-state index contributed by atoms with van der Waals surface area (Å²) >= 11 is 7.46. The summed E-state index contributed by atoms with van der Waals surface area (Å²) < 4.78 is 0.764. The SMILES string of the molecule is CCN(CC(=O)NC1(C#N)CCCC1)Cc1ccc(Cl)s1. The zero-order valence-corrected chi connectivity index (χ0v) is 13.8. The Hall–Kier alpha value is -1.09. The van der Waals surface area contributed by atoms with Crippen molar-refractivity contribution in [3.8, 4) is 6.07 Å². The maximum absolute atomic E-state index is 12.2. The predicted molar refractivity (Wildman–Crippen MR) is 85.2 cm³/mol. The van der Waals surface area contributed by atoms with E-state index in [0.29, 0.717) is 13.1 Å². The zero-order chi connectivity index (χ0) is 15.3. The van der Waals surface area contributed by atoms with Gasteiger partial charge in [0.25, 0.3) is 0 Å². The van der Waals surface area contributed by atoms with Crippen molar-refractivity contribution in [3.05, 3.63) is 21.3 Å². The number of amides is 1. The van der Waals surface area contributed by atoms with E-state index in [2.05, 4.69) is 16.3 Å². The van der Waals surface area contributed by atoms with Crippen LogP contribution in [0, 0.1) is 11.3 Å². The molecule has 0 radical (unpaired) electrons. The monoisotopic (exact) mass is 325 g/mol. The molecule has 1 N–H and O–H groups in total. The summed E-state index contributed by atoms with van der Waals surface area (Å²) in [6, 6.07) is 6.15. The molecule has 6 heteroatoms. The molecule has 21 heavy (non-hydrogen) atoms. The number of hydrogen-bond acceptors (Lipinski definition) is 4. The number of carbonyl (C=O) groups excluding carboxylic acids is 1. The van der Waals surface area contributed by atoms with Crippen LogP contribution >= 0.6 is 22.9 Å². The molecule has 0 saturated heterocycles. The minimum atomic E-state index is -0.636. The summed E-state index contributed by atoms with van der Waals surface area (Å²) in [7, 11) is 0. The van der Waals surface area contributed by atoms with Crippen molar-refractivity contribution in [3.63, 3.8) is 0 Å². The van der Waals surface area contributed by atoms with E-state index in [-0.39, 0.29) is 5.91 Å². The highest BCUT2D eigenvalue weighted by molar-refractivity contribution is 7.16. The minimum Gasteiger partial charge on any atom is -0.337 e. The van der Waals surface area contributed by atoms with Gasteiger partial charge in [0.2, 0.25) is 5.91 Å². The fourth-order valence-electron chi connectivity index (χ4n) is 2.69. The maximum Gasteiger partial charge on any atom is 0.235 e. The molecular weight excluding hydrogens is 306 g/mol. The van der Waals surface area contributed by atoms with Gasteiger partial charge in [-0.1, -0.05) is 18.5 Å². The highest BCUT2D eigenvalue weighted by Crippen LogP contribution is 2.29. The van der Waals surface area contributed by atoms with Crippen LogP contribution in [-0.4, -0.2) is 29.4 Å². The summed E-state index contributed by atoms with van der Waals surface area (Å²) in [4.78, 5) is 15.4. The topological polar surface area (TPSA) is 56.1 Å². The standard InChI is InChI=1S/C15H20ClN3OS/c1-2-19(9-12-5-6-13(16)21-12)10-14(20)18-15(11-17)7-3-4-8-15/h5-6H,2-4,7-10H2,1H3,(H,18,20). The maximum atomic E-state index is 12.2. The van der Waals surface area contributed by atoms with Crippen LogP contribution in [0.2, 0.25) is 4.34 Å². The lowest BCUT2D eigenvalue weighted by Crippen LogP contribution is -2.48. The lowest BCUT2D eigenvalue weighted by molar-refractivity contribution is -0.123. The Morgan fingerprint density at radius 1 is 1.52 bits per heavy atom. The molecule has 0 atom stereocenters. The number of nitrogens with one attached hydrogen (secondary N) is 1. The van der Waals surface area contributed by atoms with Crippen molar-refractivity contribution in [2.75, 3.05) is 13.1 Å². The average Bonchev–Trinajstić information content (AvgIpc) is 3.08. The Morgan fingerprint density at radius 2 is 2.24 bits per heavy atom. The number of rotatable bonds is 6. The highest BCUT2D eigenvalue weighted by Gasteiger charge is 2.35. The van der Waals surface area contributed by atoms with Gasteiger partial charge in [-0.15, -0.1) is 11.3 Å². The molecule has 0 bridgehead atoms. The van der Waals surface area contributed by atoms with Gasteiger partial charge in [-0.25, -0.2) is 0 Å². The van der Waals surface area contributed by atoms with Crippen molar-refractivity contribution >= 4 is 28.8 Å². The first-order valence-electron chi connectivity index (χ1n) is 7.26. The van der Waals surface area contributed by atoms with Crippen molar-refractivity contribution in [1.29, 1.82) is 5.26 Å². The van der Waals surface area contributed by atoms with Crippen LogP contribution in [-0.2, 0) is 11.3 Å². The molecule has 1 saturated carbocycles. The molecule has 1 heterocycles. The first-order valence-corrected chi connectivity index (χ1v) is 8.45. The number of nitrogens with zero attached hydrogens (tertiary/aromatic N) is 2. The Bertz CT molecular complexity index is 531. The molecule has 0 aliphatic heterocycles. The van der Waals surface area contributed by atoms with Crippen molar-refractivity contribution < 1.29 is 4.79 Å². The van der Waals surface area contributed by atoms with Crippen molar-refractivity contribution in [2.45, 2.75) is 44.7 Å². The number of halogens is 1. The highest BCUT2D eigenvalue weighted by atomic mass is 35.5. The molecule has 4 nitrogen and oxygen atoms in total. The molecule has 2 rings (SSSR count). The van der Waals surface area contributed by atoms with Crippen molar-refractivity contribution in [1.82, 2.24) is 10.2 Å². The normalized spacial score (nSPS) is 16.9. The van der Waals surface area contributed by atoms with E-state index in [4.69, 9.17) is 11.6 Å². The second-order valence-corrected chi connectivity index (χ2v) is 7.26. The minimum absolute atomic E-state index is 0.0667. The third-order valence-electron chi connectivity index (χ3n) is 3.87. The van der Waals surface area contributed by atoms with Gasteiger partial charge < -0.3 is 5.32 Å². The van der Waals surface area contributed by atoms with E-state index in [1.54, 1.807) is 0 Å². The Kier molecular flexibility index (Phi) is 5.63. The number of thiophene rings is 1. The number of carbonyl (C=O) groups is 1. The van der Waals surface area contributed by atoms with Crippen LogP contribution in [0.25, 0.3) is 0 Å². The van der Waals surface area contributed by atoms with Crippen LogP contribution in [0.3, 0.4) is 0 Å². The number of likely N-dealkylation sites (N-methyl/N-ethyl adjacent to an activating group) is 1. The summed E-state index contributed by atoms with van der Waals surface area (Å²) in [6.45, 7) is 3.83. The van der Waals surface area contributed by atoms with E-state index < -0.39 is 5.54 Å². The summed E-state index contributed by atoms with van der Waals surface area (Å²) in [5, 5.41) is 12.2. The smallest absolute Gasteiger partial charge is 0.235 e. The molecule has 1 fully saturated rings. The van der Waals surface area contributed by atoms with E-state index >= 15 is 0 Å². The summed E-state index contributed by atoms with van der Waals surface area (Å²) in [5.74, 6) is -0.0667. The molecule has 0 aromatic carbocycles. The predicted octanol–water partition coefficient (Wildman–Crippen LogP) is 3.18. The largest absolute Gasteiger partial charge is 0.337 e. The Labute approximate surface area is 134 Å². The van der Waals surface area contributed by atoms with Gasteiger partial charge in [0, 0.05) is 11.4 Å². The lowest BCUT2D eigenvalue weighted by atomic mass is 10.00. The third-order valence-corrected chi connectivity index (χ3v) is 5.09. The number of hydrogen-bond donors (Lipinski definition) is 1. The molecule has 114 valence electrons. The summed E-state index contributed by atoms with van der Waals surface area (Å²) in [6.07, 6.45) is 3.56. The van der Waals surface area contributed by atoms with E-state index in [1.807, 2.05) is 19.1 Å². The molecule has 1 amide bonds. The first kappa shape index (κ1) is 16.3. The van der Waals surface area contributed by atoms with Gasteiger partial charge in [-0.05, 0) is 44.4 Å². The van der Waals surface area contributed by atoms with Gasteiger partial charge >= 0.3 is 0 Å². The third kappa shape index (κ3) is 4.44. The van der Waals surface area contributed by atoms with Gasteiger partial charge in [-0.3, -0.25) is 9.69 Å². The van der Waals surface area contributed by atoms with Gasteiger partial charge in [0.1, 0.15) is 5.54 Å². The fourth-order valence-corrected chi connectivity index (χ4v) is 3.82. The fraction of sp³-hybridized carbons (Fsp3) is 0.600. The van der Waals surface area contributed by atoms with Gasteiger partial charge in [0.15, 0.2) is 0 Å². The molecule has 0 spiro atoms. The second kappa shape index (κ2) is 7.26. The zero-order valence-electron chi connectivity index (χ0n) is 12.2. The molecule has 1 aromatic heterocycles. The first-order chi connectivity index (χ1) is 10.1. The van der Waals surface area contributed by atoms with Crippen LogP contribution in [0.4, 0.5) is 0 Å². The van der Waals surface area contributed by atoms with Crippen LogP contribution in [0.1, 0.15) is 37.5 Å². The molecule has 1 aliphatic rings. The van der Waals surface area contributed by atoms with E-state index in [1.165, 1.54) is 11.3 Å². The van der Waals surface area contributed by atoms with Crippen LogP contribution in [0.5, 0.6) is 0 Å². The van der Waals surface area contributed by atoms with E-state index in [9.17, 15) is 10.1 Å². The lowest BCUT2D eigenvalue weighted by Gasteiger charge is -2.25. The molecular formula is C15H20ClN3OS.